The summed E-state index contributed by atoms with van der Waals surface area (Å²) in [5.41, 5.74) is 5.52. The lowest BCUT2D eigenvalue weighted by Gasteiger charge is -2.08. The van der Waals surface area contributed by atoms with Crippen molar-refractivity contribution in [2.24, 2.45) is 0 Å². The van der Waals surface area contributed by atoms with Crippen LogP contribution in [0, 0.1) is 0 Å². The summed E-state index contributed by atoms with van der Waals surface area (Å²) >= 11 is 1.48. The Balaban J connectivity index is 2.24. The predicted octanol–water partition coefficient (Wildman–Crippen LogP) is 0.699. The Bertz CT molecular complexity index is 233. The summed E-state index contributed by atoms with van der Waals surface area (Å²) in [5.74, 6) is 0. The van der Waals surface area contributed by atoms with Gasteiger partial charge in [0, 0.05) is 13.1 Å². The second-order valence-corrected chi connectivity index (χ2v) is 3.86. The lowest BCUT2D eigenvalue weighted by Crippen LogP contribution is -2.20. The molecule has 0 aliphatic rings. The van der Waals surface area contributed by atoms with Crippen molar-refractivity contribution in [1.82, 2.24) is 9.88 Å². The van der Waals surface area contributed by atoms with Crippen LogP contribution >= 0.6 is 11.3 Å². The van der Waals surface area contributed by atoms with Gasteiger partial charge in [0.25, 0.3) is 0 Å². The fraction of sp³-hybridized carbons (Fsp3) is 0.571. The molecule has 4 nitrogen and oxygen atoms in total. The molecule has 1 rings (SSSR count). The third-order valence-electron chi connectivity index (χ3n) is 1.36. The second kappa shape index (κ2) is 4.27. The van der Waals surface area contributed by atoms with Crippen molar-refractivity contribution in [3.63, 3.8) is 0 Å². The Morgan fingerprint density at radius 1 is 1.67 bits per heavy atom. The summed E-state index contributed by atoms with van der Waals surface area (Å²) in [7, 11) is 4.08. The molecule has 0 spiro atoms. The average molecular weight is 186 g/mol. The summed E-state index contributed by atoms with van der Waals surface area (Å²) < 4.78 is 0. The van der Waals surface area contributed by atoms with Crippen molar-refractivity contribution in [3.05, 3.63) is 6.20 Å². The van der Waals surface area contributed by atoms with E-state index >= 15 is 0 Å². The number of aromatic nitrogens is 1. The normalized spacial score (nSPS) is 10.6. The van der Waals surface area contributed by atoms with E-state index in [4.69, 9.17) is 5.73 Å². The standard InChI is InChI=1S/C7H14N4S/c1-11(2)4-3-9-7-10-5-6(8)12-7/h5H,3-4,8H2,1-2H3,(H,9,10). The minimum atomic E-state index is 0.752. The number of rotatable bonds is 4. The molecule has 0 bridgehead atoms. The van der Waals surface area contributed by atoms with Crippen molar-refractivity contribution in [3.8, 4) is 0 Å². The summed E-state index contributed by atoms with van der Waals surface area (Å²) in [4.78, 5) is 6.19. The number of nitrogen functional groups attached to an aromatic ring is 1. The Morgan fingerprint density at radius 3 is 2.92 bits per heavy atom. The van der Waals surface area contributed by atoms with Gasteiger partial charge < -0.3 is 16.0 Å². The van der Waals surface area contributed by atoms with Crippen LogP contribution in [0.5, 0.6) is 0 Å². The molecule has 68 valence electrons. The number of nitrogens with two attached hydrogens (primary N) is 1. The van der Waals surface area contributed by atoms with E-state index in [2.05, 4.69) is 15.2 Å². The van der Waals surface area contributed by atoms with Gasteiger partial charge in [0.05, 0.1) is 6.20 Å². The van der Waals surface area contributed by atoms with E-state index in [9.17, 15) is 0 Å². The van der Waals surface area contributed by atoms with E-state index in [-0.39, 0.29) is 0 Å². The van der Waals surface area contributed by atoms with Crippen LogP contribution in [-0.2, 0) is 0 Å². The van der Waals surface area contributed by atoms with Crippen LogP contribution in [0.25, 0.3) is 0 Å². The first kappa shape index (κ1) is 9.28. The third-order valence-corrected chi connectivity index (χ3v) is 2.14. The maximum absolute atomic E-state index is 5.52. The molecule has 5 heteroatoms. The van der Waals surface area contributed by atoms with Gasteiger partial charge in [-0.15, -0.1) is 0 Å². The fourth-order valence-electron chi connectivity index (χ4n) is 0.755. The molecule has 0 saturated heterocycles. The Hall–Kier alpha value is -0.810. The van der Waals surface area contributed by atoms with Crippen molar-refractivity contribution < 1.29 is 0 Å². The van der Waals surface area contributed by atoms with Gasteiger partial charge in [0.15, 0.2) is 5.13 Å². The van der Waals surface area contributed by atoms with Gasteiger partial charge in [0.2, 0.25) is 0 Å². The Morgan fingerprint density at radius 2 is 2.42 bits per heavy atom. The first-order chi connectivity index (χ1) is 5.68. The Kier molecular flexibility index (Phi) is 3.31. The fourth-order valence-corrected chi connectivity index (χ4v) is 1.36. The number of hydrogen-bond donors (Lipinski definition) is 2. The molecule has 0 radical (unpaired) electrons. The van der Waals surface area contributed by atoms with Crippen LogP contribution in [-0.4, -0.2) is 37.1 Å². The lowest BCUT2D eigenvalue weighted by atomic mass is 10.6. The number of thiazole rings is 1. The molecule has 0 saturated carbocycles. The van der Waals surface area contributed by atoms with Gasteiger partial charge in [-0.1, -0.05) is 11.3 Å². The molecular formula is C7H14N4S. The van der Waals surface area contributed by atoms with Crippen LogP contribution in [0.3, 0.4) is 0 Å². The first-order valence-corrected chi connectivity index (χ1v) is 4.60. The maximum atomic E-state index is 5.52. The third kappa shape index (κ3) is 3.06. The lowest BCUT2D eigenvalue weighted by molar-refractivity contribution is 0.425. The van der Waals surface area contributed by atoms with Gasteiger partial charge in [-0.3, -0.25) is 0 Å². The van der Waals surface area contributed by atoms with E-state index in [1.54, 1.807) is 6.20 Å². The highest BCUT2D eigenvalue weighted by Crippen LogP contribution is 2.18. The van der Waals surface area contributed by atoms with Crippen LogP contribution in [0.4, 0.5) is 10.1 Å². The quantitative estimate of drug-likeness (QED) is 0.726. The number of nitrogens with one attached hydrogen (secondary N) is 1. The summed E-state index contributed by atoms with van der Waals surface area (Å²) in [5, 5.41) is 4.83. The van der Waals surface area contributed by atoms with Gasteiger partial charge in [-0.05, 0) is 14.1 Å². The molecule has 0 unspecified atom stereocenters. The molecule has 12 heavy (non-hydrogen) atoms. The smallest absolute Gasteiger partial charge is 0.184 e. The largest absolute Gasteiger partial charge is 0.389 e. The minimum absolute atomic E-state index is 0.752. The zero-order valence-electron chi connectivity index (χ0n) is 7.37. The molecule has 1 aromatic heterocycles. The van der Waals surface area contributed by atoms with Crippen LogP contribution in [0.1, 0.15) is 0 Å². The zero-order valence-corrected chi connectivity index (χ0v) is 8.19. The van der Waals surface area contributed by atoms with E-state index < -0.39 is 0 Å². The number of hydrogen-bond acceptors (Lipinski definition) is 5. The molecule has 3 N–H and O–H groups in total. The highest BCUT2D eigenvalue weighted by Gasteiger charge is 1.96. The number of anilines is 2. The van der Waals surface area contributed by atoms with E-state index in [0.717, 1.165) is 23.2 Å². The molecule has 0 aliphatic heterocycles. The molecule has 0 atom stereocenters. The number of likely N-dealkylation sites (N-methyl/N-ethyl adjacent to an activating group) is 1. The van der Waals surface area contributed by atoms with Crippen LogP contribution < -0.4 is 11.1 Å². The van der Waals surface area contributed by atoms with Crippen molar-refractivity contribution in [2.45, 2.75) is 0 Å². The molecular weight excluding hydrogens is 172 g/mol. The highest BCUT2D eigenvalue weighted by atomic mass is 32.1. The van der Waals surface area contributed by atoms with E-state index in [1.807, 2.05) is 14.1 Å². The summed E-state index contributed by atoms with van der Waals surface area (Å²) in [6.07, 6.45) is 1.67. The molecule has 0 aromatic carbocycles. The molecule has 1 heterocycles. The van der Waals surface area contributed by atoms with Gasteiger partial charge in [0.1, 0.15) is 5.00 Å². The predicted molar refractivity (Wildman–Crippen MR) is 53.6 cm³/mol. The SMILES string of the molecule is CN(C)CCNc1ncc(N)s1. The van der Waals surface area contributed by atoms with Crippen LogP contribution in [0.15, 0.2) is 6.20 Å². The highest BCUT2D eigenvalue weighted by molar-refractivity contribution is 7.19. The maximum Gasteiger partial charge on any atom is 0.184 e. The summed E-state index contributed by atoms with van der Waals surface area (Å²) in [6.45, 7) is 1.90. The summed E-state index contributed by atoms with van der Waals surface area (Å²) in [6, 6.07) is 0. The molecule has 0 amide bonds. The van der Waals surface area contributed by atoms with Gasteiger partial charge in [-0.25, -0.2) is 4.98 Å². The van der Waals surface area contributed by atoms with Gasteiger partial charge in [-0.2, -0.15) is 0 Å². The van der Waals surface area contributed by atoms with Gasteiger partial charge >= 0.3 is 0 Å². The van der Waals surface area contributed by atoms with E-state index in [0.29, 0.717) is 0 Å². The molecule has 1 aromatic rings. The zero-order chi connectivity index (χ0) is 8.97. The van der Waals surface area contributed by atoms with Crippen molar-refractivity contribution in [1.29, 1.82) is 0 Å². The average Bonchev–Trinajstić information content (AvgIpc) is 2.35. The van der Waals surface area contributed by atoms with E-state index in [1.165, 1.54) is 11.3 Å². The van der Waals surface area contributed by atoms with Crippen molar-refractivity contribution >= 4 is 21.5 Å². The molecule has 0 fully saturated rings. The molecule has 0 aliphatic carbocycles. The Labute approximate surface area is 76.4 Å². The van der Waals surface area contributed by atoms with Crippen LogP contribution in [0.2, 0.25) is 0 Å². The minimum Gasteiger partial charge on any atom is -0.389 e. The monoisotopic (exact) mass is 186 g/mol. The topological polar surface area (TPSA) is 54.2 Å². The van der Waals surface area contributed by atoms with Crippen molar-refractivity contribution in [2.75, 3.05) is 38.2 Å². The number of nitrogens with zero attached hydrogens (tertiary/aromatic N) is 2. The second-order valence-electron chi connectivity index (χ2n) is 2.80. The first-order valence-electron chi connectivity index (χ1n) is 3.78.